The van der Waals surface area contributed by atoms with Gasteiger partial charge in [-0.15, -0.1) is 5.10 Å². The van der Waals surface area contributed by atoms with Crippen LogP contribution in [0.25, 0.3) is 17.1 Å². The Morgan fingerprint density at radius 3 is 2.49 bits per heavy atom. The number of aromatic nitrogens is 3. The molecule has 0 radical (unpaired) electrons. The molecule has 4 rings (SSSR count). The van der Waals surface area contributed by atoms with E-state index in [2.05, 4.69) is 10.00 Å². The van der Waals surface area contributed by atoms with Crippen LogP contribution in [0.4, 0.5) is 8.78 Å². The Morgan fingerprint density at radius 1 is 1.14 bits per heavy atom. The second-order valence-electron chi connectivity index (χ2n) is 10.0. The molecule has 0 aliphatic carbocycles. The molecule has 1 saturated heterocycles. The SMILES string of the molecule is COc1cc(-c2nn(-c3ccc(CCN4CCC(F)CC4)cc3)c(=O)n2CC(=O)CC(C)C)ccc1F. The summed E-state index contributed by atoms with van der Waals surface area (Å²) in [5.74, 6) is -0.164. The number of carbonyl (C=O) groups is 1. The maximum Gasteiger partial charge on any atom is 0.351 e. The maximum absolute atomic E-state index is 14.0. The van der Waals surface area contributed by atoms with E-state index in [-0.39, 0.29) is 29.8 Å². The average Bonchev–Trinajstić information content (AvgIpc) is 3.19. The third-order valence-corrected chi connectivity index (χ3v) is 6.66. The van der Waals surface area contributed by atoms with Crippen molar-refractivity contribution in [2.24, 2.45) is 5.92 Å². The second-order valence-corrected chi connectivity index (χ2v) is 10.0. The topological polar surface area (TPSA) is 69.4 Å². The fourth-order valence-corrected chi connectivity index (χ4v) is 4.63. The van der Waals surface area contributed by atoms with Crippen molar-refractivity contribution in [1.29, 1.82) is 0 Å². The Balaban J connectivity index is 1.61. The first-order valence-corrected chi connectivity index (χ1v) is 12.8. The first-order valence-electron chi connectivity index (χ1n) is 12.8. The molecule has 9 heteroatoms. The number of hydrogen-bond acceptors (Lipinski definition) is 5. The van der Waals surface area contributed by atoms with Crippen molar-refractivity contribution in [3.05, 3.63) is 64.3 Å². The van der Waals surface area contributed by atoms with Crippen molar-refractivity contribution in [2.45, 2.75) is 52.2 Å². The number of carbonyl (C=O) groups excluding carboxylic acids is 1. The van der Waals surface area contributed by atoms with Gasteiger partial charge in [-0.3, -0.25) is 9.36 Å². The normalized spacial score (nSPS) is 14.9. The molecule has 2 heterocycles. The quantitative estimate of drug-likeness (QED) is 0.402. The highest BCUT2D eigenvalue weighted by Gasteiger charge is 2.21. The molecule has 7 nitrogen and oxygen atoms in total. The zero-order valence-electron chi connectivity index (χ0n) is 21.6. The molecular weight excluding hydrogens is 478 g/mol. The summed E-state index contributed by atoms with van der Waals surface area (Å²) in [4.78, 5) is 28.3. The van der Waals surface area contributed by atoms with Gasteiger partial charge in [0.05, 0.1) is 19.3 Å². The molecule has 1 aromatic heterocycles. The van der Waals surface area contributed by atoms with Crippen molar-refractivity contribution in [3.63, 3.8) is 0 Å². The minimum atomic E-state index is -0.685. The standard InChI is InChI=1S/C28H34F2N4O3/c1-19(2)16-24(35)18-33-27(21-6-9-25(30)26(17-21)37-3)31-34(28(33)36)23-7-4-20(5-8-23)10-13-32-14-11-22(29)12-15-32/h4-9,17,19,22H,10-16,18H2,1-3H3. The molecule has 0 spiro atoms. The molecule has 0 amide bonds. The first-order chi connectivity index (χ1) is 17.7. The third kappa shape index (κ3) is 6.52. The Bertz CT molecular complexity index is 1280. The summed E-state index contributed by atoms with van der Waals surface area (Å²) >= 11 is 0. The molecule has 1 fully saturated rings. The monoisotopic (exact) mass is 512 g/mol. The minimum Gasteiger partial charge on any atom is -0.494 e. The minimum absolute atomic E-state index is 0.0275. The van der Waals surface area contributed by atoms with Gasteiger partial charge >= 0.3 is 5.69 Å². The van der Waals surface area contributed by atoms with Crippen molar-refractivity contribution < 1.29 is 18.3 Å². The van der Waals surface area contributed by atoms with Gasteiger partial charge in [-0.05, 0) is 61.1 Å². The van der Waals surface area contributed by atoms with Gasteiger partial charge in [0.1, 0.15) is 6.17 Å². The summed E-state index contributed by atoms with van der Waals surface area (Å²) < 4.78 is 35.1. The van der Waals surface area contributed by atoms with E-state index in [9.17, 15) is 18.4 Å². The van der Waals surface area contributed by atoms with Gasteiger partial charge in [-0.1, -0.05) is 26.0 Å². The van der Waals surface area contributed by atoms with Crippen molar-refractivity contribution in [1.82, 2.24) is 19.2 Å². The molecule has 0 unspecified atom stereocenters. The zero-order valence-corrected chi connectivity index (χ0v) is 21.6. The molecule has 0 saturated carbocycles. The largest absolute Gasteiger partial charge is 0.494 e. The van der Waals surface area contributed by atoms with Crippen molar-refractivity contribution >= 4 is 5.78 Å². The summed E-state index contributed by atoms with van der Waals surface area (Å²) in [5, 5.41) is 4.54. The first kappa shape index (κ1) is 26.7. The van der Waals surface area contributed by atoms with Crippen LogP contribution in [0, 0.1) is 11.7 Å². The maximum atomic E-state index is 14.0. The van der Waals surface area contributed by atoms with Gasteiger partial charge in [-0.2, -0.15) is 4.68 Å². The number of nitrogens with zero attached hydrogens (tertiary/aromatic N) is 4. The van der Waals surface area contributed by atoms with Crippen LogP contribution in [0.2, 0.25) is 0 Å². The predicted molar refractivity (Wildman–Crippen MR) is 139 cm³/mol. The highest BCUT2D eigenvalue weighted by atomic mass is 19.1. The van der Waals surface area contributed by atoms with E-state index < -0.39 is 17.7 Å². The number of likely N-dealkylation sites (tertiary alicyclic amines) is 1. The van der Waals surface area contributed by atoms with Crippen LogP contribution in [-0.2, 0) is 17.8 Å². The van der Waals surface area contributed by atoms with E-state index in [1.54, 1.807) is 0 Å². The summed E-state index contributed by atoms with van der Waals surface area (Å²) in [5.41, 5.74) is 1.70. The molecule has 2 aromatic carbocycles. The number of hydrogen-bond donors (Lipinski definition) is 0. The number of piperidine rings is 1. The number of ketones is 1. The number of alkyl halides is 1. The van der Waals surface area contributed by atoms with Crippen LogP contribution in [0.15, 0.2) is 47.3 Å². The van der Waals surface area contributed by atoms with Gasteiger partial charge < -0.3 is 9.64 Å². The average molecular weight is 513 g/mol. The Hall–Kier alpha value is -3.33. The molecular formula is C28H34F2N4O3. The van der Waals surface area contributed by atoms with Gasteiger partial charge in [0.2, 0.25) is 0 Å². The van der Waals surface area contributed by atoms with E-state index in [0.29, 0.717) is 30.5 Å². The van der Waals surface area contributed by atoms with E-state index >= 15 is 0 Å². The fourth-order valence-electron chi connectivity index (χ4n) is 4.63. The summed E-state index contributed by atoms with van der Waals surface area (Å²) in [7, 11) is 1.37. The molecule has 3 aromatic rings. The molecule has 1 aliphatic heterocycles. The Morgan fingerprint density at radius 2 is 1.84 bits per heavy atom. The van der Waals surface area contributed by atoms with Gasteiger partial charge in [0.15, 0.2) is 23.2 Å². The Labute approximate surface area is 215 Å². The van der Waals surface area contributed by atoms with Crippen molar-refractivity contribution in [2.75, 3.05) is 26.7 Å². The lowest BCUT2D eigenvalue weighted by Gasteiger charge is -2.28. The molecule has 1 aliphatic rings. The van der Waals surface area contributed by atoms with E-state index in [4.69, 9.17) is 4.74 Å². The lowest BCUT2D eigenvalue weighted by Crippen LogP contribution is -2.35. The summed E-state index contributed by atoms with van der Waals surface area (Å²) in [6.07, 6.45) is 1.65. The van der Waals surface area contributed by atoms with Gasteiger partial charge in [0, 0.05) is 31.6 Å². The van der Waals surface area contributed by atoms with Crippen LogP contribution in [0.5, 0.6) is 5.75 Å². The van der Waals surface area contributed by atoms with Crippen molar-refractivity contribution in [3.8, 4) is 22.8 Å². The highest BCUT2D eigenvalue weighted by Crippen LogP contribution is 2.25. The van der Waals surface area contributed by atoms with Crippen LogP contribution >= 0.6 is 0 Å². The summed E-state index contributed by atoms with van der Waals surface area (Å²) in [6.45, 7) is 6.17. The lowest BCUT2D eigenvalue weighted by atomic mass is 10.1. The van der Waals surface area contributed by atoms with E-state index in [0.717, 1.165) is 31.6 Å². The number of ether oxygens (including phenoxy) is 1. The predicted octanol–water partition coefficient (Wildman–Crippen LogP) is 4.44. The van der Waals surface area contributed by atoms with E-state index in [1.807, 2.05) is 38.1 Å². The third-order valence-electron chi connectivity index (χ3n) is 6.66. The number of methoxy groups -OCH3 is 1. The van der Waals surface area contributed by atoms with Crippen LogP contribution < -0.4 is 10.4 Å². The number of halogens is 2. The Kier molecular flexibility index (Phi) is 8.53. The molecule has 0 bridgehead atoms. The van der Waals surface area contributed by atoms with Gasteiger partial charge in [0.25, 0.3) is 0 Å². The molecule has 0 atom stereocenters. The molecule has 198 valence electrons. The van der Waals surface area contributed by atoms with Crippen LogP contribution in [0.3, 0.4) is 0 Å². The van der Waals surface area contributed by atoms with E-state index in [1.165, 1.54) is 34.6 Å². The fraction of sp³-hybridized carbons (Fsp3) is 0.464. The smallest absolute Gasteiger partial charge is 0.351 e. The zero-order chi connectivity index (χ0) is 26.5. The number of benzene rings is 2. The summed E-state index contributed by atoms with van der Waals surface area (Å²) in [6, 6.07) is 11.8. The molecule has 0 N–H and O–H groups in total. The van der Waals surface area contributed by atoms with Gasteiger partial charge in [-0.25, -0.2) is 13.6 Å². The number of rotatable bonds is 10. The second kappa shape index (κ2) is 11.8. The lowest BCUT2D eigenvalue weighted by molar-refractivity contribution is -0.120. The van der Waals surface area contributed by atoms with Crippen LogP contribution in [0.1, 0.15) is 38.7 Å². The van der Waals surface area contributed by atoms with Crippen LogP contribution in [-0.4, -0.2) is 57.9 Å². The number of Topliss-reactive ketones (excluding diaryl/α,β-unsaturated/α-hetero) is 1. The highest BCUT2D eigenvalue weighted by molar-refractivity contribution is 5.79. The molecule has 37 heavy (non-hydrogen) atoms.